The van der Waals surface area contributed by atoms with Crippen LogP contribution in [0, 0.1) is 0 Å². The molecule has 0 amide bonds. The predicted octanol–water partition coefficient (Wildman–Crippen LogP) is -0.687. The van der Waals surface area contributed by atoms with E-state index in [9.17, 15) is 76.6 Å². The lowest BCUT2D eigenvalue weighted by Gasteiger charge is -2.40. The van der Waals surface area contributed by atoms with Crippen LogP contribution < -0.4 is 9.47 Å². The molecule has 0 radical (unpaired) electrons. The SMILES string of the molecule is OC[C@H]1O[C@@H](Oc2c(O)cc(O)cc2[C@H](O)[C@@H](c2ccc(O)cc2)c2c(O)cc(O)c(O[C@@H]3O[C@H](CO)[C@@H](O)[C@H](O)[C@H]3O)c2/C=C/c2ccc(O)cc2)[C@H](O)[C@@H](O)[C@@H]1O. The van der Waals surface area contributed by atoms with E-state index in [-0.39, 0.29) is 28.2 Å². The third-order valence-corrected chi connectivity index (χ3v) is 10.1. The average Bonchev–Trinajstić information content (AvgIpc) is 3.21. The van der Waals surface area contributed by atoms with Gasteiger partial charge in [0.05, 0.1) is 19.3 Å². The van der Waals surface area contributed by atoms with E-state index in [0.717, 1.165) is 18.2 Å². The van der Waals surface area contributed by atoms with E-state index >= 15 is 0 Å². The van der Waals surface area contributed by atoms with Gasteiger partial charge in [-0.15, -0.1) is 0 Å². The molecule has 0 unspecified atom stereocenters. The maximum atomic E-state index is 12.5. The number of benzene rings is 4. The van der Waals surface area contributed by atoms with Crippen molar-refractivity contribution in [3.8, 4) is 46.0 Å². The van der Waals surface area contributed by atoms with Gasteiger partial charge in [0.25, 0.3) is 0 Å². The lowest BCUT2D eigenvalue weighted by atomic mass is 9.80. The first-order valence-electron chi connectivity index (χ1n) is 18.1. The number of aromatic hydroxyl groups is 6. The summed E-state index contributed by atoms with van der Waals surface area (Å²) in [7, 11) is 0. The molecule has 4 aromatic carbocycles. The van der Waals surface area contributed by atoms with Gasteiger partial charge in [-0.25, -0.2) is 0 Å². The summed E-state index contributed by atoms with van der Waals surface area (Å²) < 4.78 is 22.7. The molecule has 2 aliphatic rings. The van der Waals surface area contributed by atoms with Crippen LogP contribution in [0.4, 0.5) is 0 Å². The van der Waals surface area contributed by atoms with Crippen LogP contribution >= 0.6 is 0 Å². The largest absolute Gasteiger partial charge is 0.508 e. The van der Waals surface area contributed by atoms with Gasteiger partial charge in [-0.3, -0.25) is 0 Å². The van der Waals surface area contributed by atoms with Crippen LogP contribution in [0.5, 0.6) is 46.0 Å². The molecule has 2 aliphatic heterocycles. The Hall–Kier alpha value is -5.42. The van der Waals surface area contributed by atoms with Crippen molar-refractivity contribution in [2.24, 2.45) is 0 Å². The Kier molecular flexibility index (Phi) is 13.0. The standard InChI is InChI=1S/C40H44O19/c41-14-26-31(50)33(52)35(54)39(56-26)58-37-21(10-3-16-1-6-18(43)7-2-16)29(23(46)13-25(37)48)28(17-4-8-19(44)9-5-17)30(49)22-11-20(45)12-24(47)38(22)59-40-36(55)34(53)32(51)27(15-42)57-40/h1-13,26-28,30-36,39-55H,14-15H2/b10-3+/t26-,27-,28+,30+,31-,32-,33+,34+,35-,36-,39+,40+/m1/s1. The van der Waals surface area contributed by atoms with Crippen LogP contribution in [-0.2, 0) is 9.47 Å². The third-order valence-electron chi connectivity index (χ3n) is 10.1. The highest BCUT2D eigenvalue weighted by Gasteiger charge is 2.47. The van der Waals surface area contributed by atoms with Gasteiger partial charge in [0.15, 0.2) is 23.0 Å². The van der Waals surface area contributed by atoms with Crippen molar-refractivity contribution in [3.63, 3.8) is 0 Å². The Bertz CT molecular complexity index is 2090. The molecule has 15 N–H and O–H groups in total. The first-order chi connectivity index (χ1) is 28.0. The minimum Gasteiger partial charge on any atom is -0.508 e. The second-order valence-corrected chi connectivity index (χ2v) is 14.0. The van der Waals surface area contributed by atoms with Crippen molar-refractivity contribution in [1.29, 1.82) is 0 Å². The van der Waals surface area contributed by atoms with Crippen molar-refractivity contribution in [1.82, 2.24) is 0 Å². The van der Waals surface area contributed by atoms with Crippen molar-refractivity contribution >= 4 is 12.2 Å². The summed E-state index contributed by atoms with van der Waals surface area (Å²) in [4.78, 5) is 0. The second-order valence-electron chi connectivity index (χ2n) is 14.0. The van der Waals surface area contributed by atoms with Crippen molar-refractivity contribution in [2.75, 3.05) is 13.2 Å². The minimum atomic E-state index is -2.05. The van der Waals surface area contributed by atoms with Gasteiger partial charge in [0, 0.05) is 34.7 Å². The van der Waals surface area contributed by atoms with Gasteiger partial charge in [0.2, 0.25) is 12.6 Å². The number of ether oxygens (including phenoxy) is 4. The molecule has 2 saturated heterocycles. The normalized spacial score (nSPS) is 28.3. The van der Waals surface area contributed by atoms with E-state index in [4.69, 9.17) is 18.9 Å². The Morgan fingerprint density at radius 3 is 1.56 bits per heavy atom. The van der Waals surface area contributed by atoms with Gasteiger partial charge in [0.1, 0.15) is 71.8 Å². The van der Waals surface area contributed by atoms with Crippen LogP contribution in [-0.4, -0.2) is 151 Å². The van der Waals surface area contributed by atoms with E-state index in [1.165, 1.54) is 60.7 Å². The number of rotatable bonds is 12. The first kappa shape index (κ1) is 43.2. The highest BCUT2D eigenvalue weighted by Crippen LogP contribution is 2.52. The highest BCUT2D eigenvalue weighted by molar-refractivity contribution is 5.79. The number of hydrogen-bond acceptors (Lipinski definition) is 19. The molecule has 0 spiro atoms. The fourth-order valence-electron chi connectivity index (χ4n) is 6.95. The van der Waals surface area contributed by atoms with E-state index < -0.39 is 127 Å². The molecule has 4 aromatic rings. The Balaban J connectivity index is 1.56. The zero-order chi connectivity index (χ0) is 42.9. The molecule has 2 heterocycles. The zero-order valence-corrected chi connectivity index (χ0v) is 30.7. The van der Waals surface area contributed by atoms with E-state index in [1.807, 2.05) is 0 Å². The molecule has 59 heavy (non-hydrogen) atoms. The quantitative estimate of drug-likeness (QED) is 0.0786. The molecule has 6 rings (SSSR count). The van der Waals surface area contributed by atoms with Gasteiger partial charge in [-0.2, -0.15) is 0 Å². The molecule has 19 heteroatoms. The summed E-state index contributed by atoms with van der Waals surface area (Å²) >= 11 is 0. The molecule has 12 atom stereocenters. The number of phenolic OH excluding ortho intramolecular Hbond substituents is 6. The summed E-state index contributed by atoms with van der Waals surface area (Å²) in [6, 6.07) is 13.4. The van der Waals surface area contributed by atoms with Gasteiger partial charge in [-0.1, -0.05) is 36.4 Å². The Morgan fingerprint density at radius 1 is 0.542 bits per heavy atom. The molecule has 0 aromatic heterocycles. The summed E-state index contributed by atoms with van der Waals surface area (Å²) in [6.07, 6.45) is -17.3. The monoisotopic (exact) mass is 828 g/mol. The minimum absolute atomic E-state index is 0.0731. The summed E-state index contributed by atoms with van der Waals surface area (Å²) in [5.74, 6) is -6.06. The van der Waals surface area contributed by atoms with Gasteiger partial charge < -0.3 is 95.5 Å². The van der Waals surface area contributed by atoms with Crippen LogP contribution in [0.3, 0.4) is 0 Å². The molecule has 0 saturated carbocycles. The second kappa shape index (κ2) is 17.8. The number of phenols is 6. The fourth-order valence-corrected chi connectivity index (χ4v) is 6.95. The maximum absolute atomic E-state index is 12.5. The third kappa shape index (κ3) is 8.81. The maximum Gasteiger partial charge on any atom is 0.229 e. The Labute approximate surface area is 334 Å². The van der Waals surface area contributed by atoms with Crippen LogP contribution in [0.2, 0.25) is 0 Å². The molecular weight excluding hydrogens is 784 g/mol. The summed E-state index contributed by atoms with van der Waals surface area (Å²) in [5.41, 5.74) is -0.432. The first-order valence-corrected chi connectivity index (χ1v) is 18.1. The van der Waals surface area contributed by atoms with Crippen LogP contribution in [0.15, 0.2) is 66.7 Å². The topological polar surface area (TPSA) is 340 Å². The lowest BCUT2D eigenvalue weighted by molar-refractivity contribution is -0.277. The van der Waals surface area contributed by atoms with E-state index in [1.54, 1.807) is 0 Å². The summed E-state index contributed by atoms with van der Waals surface area (Å²) in [5, 5.41) is 160. The molecule has 2 fully saturated rings. The van der Waals surface area contributed by atoms with Gasteiger partial charge >= 0.3 is 0 Å². The lowest BCUT2D eigenvalue weighted by Crippen LogP contribution is -2.60. The van der Waals surface area contributed by atoms with E-state index in [0.29, 0.717) is 5.56 Å². The average molecular weight is 829 g/mol. The number of aliphatic hydroxyl groups excluding tert-OH is 9. The molecule has 19 nitrogen and oxygen atoms in total. The number of aliphatic hydroxyl groups is 9. The molecular formula is C40H44O19. The van der Waals surface area contributed by atoms with Crippen molar-refractivity contribution in [3.05, 3.63) is 94.5 Å². The number of hydrogen-bond donors (Lipinski definition) is 15. The van der Waals surface area contributed by atoms with Gasteiger partial charge in [-0.05, 0) is 41.5 Å². The van der Waals surface area contributed by atoms with Crippen molar-refractivity contribution in [2.45, 2.75) is 73.4 Å². The smallest absolute Gasteiger partial charge is 0.229 e. The summed E-state index contributed by atoms with van der Waals surface area (Å²) in [6.45, 7) is -1.66. The Morgan fingerprint density at radius 2 is 1.03 bits per heavy atom. The van der Waals surface area contributed by atoms with Crippen LogP contribution in [0.1, 0.15) is 39.8 Å². The van der Waals surface area contributed by atoms with Crippen LogP contribution in [0.25, 0.3) is 12.2 Å². The highest BCUT2D eigenvalue weighted by atomic mass is 16.7. The zero-order valence-electron chi connectivity index (χ0n) is 30.7. The molecule has 0 bridgehead atoms. The molecule has 0 aliphatic carbocycles. The van der Waals surface area contributed by atoms with E-state index in [2.05, 4.69) is 0 Å². The van der Waals surface area contributed by atoms with Crippen molar-refractivity contribution < 1.29 is 95.5 Å². The predicted molar refractivity (Wildman–Crippen MR) is 200 cm³/mol. The fraction of sp³-hybridized carbons (Fsp3) is 0.350. The molecule has 318 valence electrons.